The molecule has 0 aliphatic carbocycles. The third-order valence-corrected chi connectivity index (χ3v) is 9.49. The van der Waals surface area contributed by atoms with Crippen molar-refractivity contribution in [2.24, 2.45) is 16.7 Å². The molecule has 0 heteroatoms. The Hall–Kier alpha value is -3.64. The maximum atomic E-state index is 4.41. The molecule has 61 heavy (non-hydrogen) atoms. The molecule has 1 unspecified atom stereocenters. The van der Waals surface area contributed by atoms with Gasteiger partial charge in [0.05, 0.1) is 0 Å². The fourth-order valence-electron chi connectivity index (χ4n) is 5.00. The molecule has 4 rings (SSSR count). The quantitative estimate of drug-likeness (QED) is 0.188. The lowest BCUT2D eigenvalue weighted by atomic mass is 9.80. The number of hydrogen-bond donors (Lipinski definition) is 0. The topological polar surface area (TPSA) is 0 Å². The second kappa shape index (κ2) is 33.9. The first-order chi connectivity index (χ1) is 25.6. The van der Waals surface area contributed by atoms with Crippen LogP contribution in [-0.4, -0.2) is 0 Å². The summed E-state index contributed by atoms with van der Waals surface area (Å²) in [4.78, 5) is 0. The summed E-state index contributed by atoms with van der Waals surface area (Å²) in [6.45, 7) is 56.3. The van der Waals surface area contributed by atoms with Gasteiger partial charge in [-0.25, -0.2) is 0 Å². The molecule has 0 nitrogen and oxygen atoms in total. The SMILES string of the molecule is C.C.C.C.C.C=C(C)c1ccc(CC)cc1.C=C(c1ccc(C)c(C(C)(C)C)c1)C(C)c1cc(C)cc(C)c1.CC.CC(C)(C)C.CC(C)C(C)(C)C.Cc1ccc(C)cc1. The third kappa shape index (κ3) is 32.7. The van der Waals surface area contributed by atoms with Crippen molar-refractivity contribution in [1.29, 1.82) is 0 Å². The fourth-order valence-corrected chi connectivity index (χ4v) is 5.00. The van der Waals surface area contributed by atoms with Crippen LogP contribution in [0.3, 0.4) is 0 Å². The summed E-state index contributed by atoms with van der Waals surface area (Å²) < 4.78 is 0. The summed E-state index contributed by atoms with van der Waals surface area (Å²) in [6.07, 6.45) is 1.11. The number of rotatable bonds is 5. The molecule has 0 aromatic heterocycles. The van der Waals surface area contributed by atoms with Gasteiger partial charge in [0.2, 0.25) is 0 Å². The van der Waals surface area contributed by atoms with E-state index in [0.29, 0.717) is 16.7 Å². The molecule has 0 amide bonds. The molecule has 1 atom stereocenters. The number of hydrogen-bond acceptors (Lipinski definition) is 0. The highest BCUT2D eigenvalue weighted by molar-refractivity contribution is 5.70. The summed E-state index contributed by atoms with van der Waals surface area (Å²) in [5, 5.41) is 0. The predicted octanol–water partition coefficient (Wildman–Crippen LogP) is 21.3. The lowest BCUT2D eigenvalue weighted by molar-refractivity contribution is 0.283. The predicted molar refractivity (Wildman–Crippen MR) is 294 cm³/mol. The molecule has 0 saturated heterocycles. The van der Waals surface area contributed by atoms with Gasteiger partial charge in [-0.2, -0.15) is 0 Å². The van der Waals surface area contributed by atoms with Crippen molar-refractivity contribution < 1.29 is 0 Å². The number of benzene rings is 4. The standard InChI is InChI=1S/C23H30.C11H14.C8H10.C7H16.C5H12.C2H6.5CH4/c1-15-11-16(2)13-21(12-15)19(5)18(4)20-10-9-17(3)22(14-20)23(6,7)8;1-4-10-5-7-11(8-6-10)9(2)3;1-7-3-5-8(2)6-4-7;1-6(2)7(3,4)5;1-5(2,3)4;1-2;;;;;/h9-14,19H,4H2,1-3,5-8H3;5-8H,2,4H2,1,3H3;3-6H,1-2H3;6H,1-5H3;1-4H3;1-2H3;5*1H4. The van der Waals surface area contributed by atoms with Gasteiger partial charge in [0.25, 0.3) is 0 Å². The van der Waals surface area contributed by atoms with Crippen molar-refractivity contribution in [1.82, 2.24) is 0 Å². The molecule has 0 N–H and O–H groups in total. The van der Waals surface area contributed by atoms with E-state index < -0.39 is 0 Å². The first-order valence-electron chi connectivity index (χ1n) is 21.2. The van der Waals surface area contributed by atoms with Crippen LogP contribution in [0.15, 0.2) is 98.1 Å². The zero-order chi connectivity index (χ0) is 44.2. The largest absolute Gasteiger partial charge is 0.0955 e. The molecule has 0 heterocycles. The van der Waals surface area contributed by atoms with Crippen LogP contribution in [-0.2, 0) is 11.8 Å². The van der Waals surface area contributed by atoms with E-state index in [2.05, 4.69) is 230 Å². The zero-order valence-corrected chi connectivity index (χ0v) is 40.9. The second-order valence-corrected chi connectivity index (χ2v) is 19.5. The van der Waals surface area contributed by atoms with Gasteiger partial charge in [0, 0.05) is 5.92 Å². The van der Waals surface area contributed by atoms with Crippen LogP contribution in [0.2, 0.25) is 0 Å². The molecule has 4 aromatic carbocycles. The normalized spacial score (nSPS) is 10.4. The maximum Gasteiger partial charge on any atom is 0.00612 e. The van der Waals surface area contributed by atoms with E-state index in [4.69, 9.17) is 0 Å². The van der Waals surface area contributed by atoms with Crippen LogP contribution in [0.5, 0.6) is 0 Å². The van der Waals surface area contributed by atoms with Crippen molar-refractivity contribution in [3.8, 4) is 0 Å². The Labute approximate surface area is 387 Å². The minimum Gasteiger partial charge on any atom is -0.0955 e. The van der Waals surface area contributed by atoms with Crippen molar-refractivity contribution >= 4 is 11.1 Å². The third-order valence-electron chi connectivity index (χ3n) is 9.49. The minimum atomic E-state index is 0. The highest BCUT2D eigenvalue weighted by Gasteiger charge is 2.19. The highest BCUT2D eigenvalue weighted by atomic mass is 14.2. The Morgan fingerprint density at radius 2 is 0.869 bits per heavy atom. The summed E-state index contributed by atoms with van der Waals surface area (Å²) in [6, 6.07) is 30.6. The van der Waals surface area contributed by atoms with Gasteiger partial charge in [-0.05, 0) is 109 Å². The maximum absolute atomic E-state index is 4.41. The molecular weight excluding hydrogens is 733 g/mol. The molecule has 352 valence electrons. The van der Waals surface area contributed by atoms with E-state index in [1.165, 1.54) is 61.2 Å². The van der Waals surface area contributed by atoms with E-state index in [-0.39, 0.29) is 42.5 Å². The molecule has 0 saturated carbocycles. The molecular formula is C61H108. The summed E-state index contributed by atoms with van der Waals surface area (Å²) in [5.41, 5.74) is 16.8. The number of aryl methyl sites for hydroxylation is 6. The lowest BCUT2D eigenvalue weighted by Crippen LogP contribution is -2.13. The van der Waals surface area contributed by atoms with E-state index in [9.17, 15) is 0 Å². The second-order valence-electron chi connectivity index (χ2n) is 19.5. The summed E-state index contributed by atoms with van der Waals surface area (Å²) in [7, 11) is 0. The van der Waals surface area contributed by atoms with Crippen LogP contribution in [0, 0.1) is 51.4 Å². The zero-order valence-electron chi connectivity index (χ0n) is 40.9. The Kier molecular flexibility index (Phi) is 39.9. The summed E-state index contributed by atoms with van der Waals surface area (Å²) in [5.74, 6) is 1.12. The first-order valence-corrected chi connectivity index (χ1v) is 21.2. The highest BCUT2D eigenvalue weighted by Crippen LogP contribution is 2.35. The molecule has 0 spiro atoms. The van der Waals surface area contributed by atoms with Crippen LogP contribution in [0.25, 0.3) is 11.1 Å². The fraction of sp³-hybridized carbons (Fsp3) is 0.541. The van der Waals surface area contributed by atoms with Crippen LogP contribution in [0.4, 0.5) is 0 Å². The average Bonchev–Trinajstić information content (AvgIpc) is 3.09. The summed E-state index contributed by atoms with van der Waals surface area (Å²) >= 11 is 0. The van der Waals surface area contributed by atoms with Crippen molar-refractivity contribution in [2.75, 3.05) is 0 Å². The minimum absolute atomic E-state index is 0. The molecule has 0 radical (unpaired) electrons. The Bertz CT molecular complexity index is 1640. The Morgan fingerprint density at radius 3 is 1.16 bits per heavy atom. The van der Waals surface area contributed by atoms with Gasteiger partial charge in [-0.15, -0.1) is 0 Å². The molecule has 0 fully saturated rings. The van der Waals surface area contributed by atoms with Crippen molar-refractivity contribution in [3.05, 3.63) is 154 Å². The van der Waals surface area contributed by atoms with E-state index in [1.807, 2.05) is 20.8 Å². The monoisotopic (exact) mass is 841 g/mol. The lowest BCUT2D eigenvalue weighted by Gasteiger charge is -2.24. The van der Waals surface area contributed by atoms with Gasteiger partial charge in [-0.3, -0.25) is 0 Å². The van der Waals surface area contributed by atoms with Crippen molar-refractivity contribution in [2.45, 2.75) is 207 Å². The average molecular weight is 842 g/mol. The molecule has 0 bridgehead atoms. The van der Waals surface area contributed by atoms with Crippen molar-refractivity contribution in [3.63, 3.8) is 0 Å². The van der Waals surface area contributed by atoms with Gasteiger partial charge in [-0.1, -0.05) is 274 Å². The van der Waals surface area contributed by atoms with Gasteiger partial charge >= 0.3 is 0 Å². The Morgan fingerprint density at radius 1 is 0.525 bits per heavy atom. The van der Waals surface area contributed by atoms with Gasteiger partial charge in [0.1, 0.15) is 0 Å². The van der Waals surface area contributed by atoms with E-state index in [1.54, 1.807) is 0 Å². The molecule has 0 aliphatic rings. The van der Waals surface area contributed by atoms with Crippen LogP contribution < -0.4 is 0 Å². The molecule has 0 aliphatic heterocycles. The van der Waals surface area contributed by atoms with Crippen LogP contribution >= 0.6 is 0 Å². The van der Waals surface area contributed by atoms with Gasteiger partial charge < -0.3 is 0 Å². The van der Waals surface area contributed by atoms with E-state index in [0.717, 1.165) is 17.9 Å². The molecule has 4 aromatic rings. The first kappa shape index (κ1) is 71.8. The number of allylic oxidation sites excluding steroid dienone is 2. The van der Waals surface area contributed by atoms with E-state index >= 15 is 0 Å². The Balaban J connectivity index is -0.000000130. The van der Waals surface area contributed by atoms with Gasteiger partial charge in [0.15, 0.2) is 0 Å². The van der Waals surface area contributed by atoms with Crippen LogP contribution in [0.1, 0.15) is 216 Å². The smallest absolute Gasteiger partial charge is 0.00612 e.